The van der Waals surface area contributed by atoms with Gasteiger partial charge in [-0.2, -0.15) is 0 Å². The summed E-state index contributed by atoms with van der Waals surface area (Å²) in [5.74, 6) is 0.167. The SMILES string of the molecule is O=C(c1ccc(Cl)nc1)N1CCC[C@@H](CO)C1. The van der Waals surface area contributed by atoms with Crippen molar-refractivity contribution in [2.24, 2.45) is 5.92 Å². The van der Waals surface area contributed by atoms with Gasteiger partial charge >= 0.3 is 0 Å². The molecule has 0 aromatic carbocycles. The molecule has 5 heteroatoms. The highest BCUT2D eigenvalue weighted by Gasteiger charge is 2.23. The highest BCUT2D eigenvalue weighted by molar-refractivity contribution is 6.29. The van der Waals surface area contributed by atoms with Crippen LogP contribution in [0.5, 0.6) is 0 Å². The number of pyridine rings is 1. The molecule has 1 atom stereocenters. The lowest BCUT2D eigenvalue weighted by molar-refractivity contribution is 0.0620. The number of aliphatic hydroxyl groups excluding tert-OH is 1. The molecule has 92 valence electrons. The van der Waals surface area contributed by atoms with E-state index in [0.29, 0.717) is 17.3 Å². The Morgan fingerprint density at radius 1 is 1.59 bits per heavy atom. The molecule has 2 rings (SSSR count). The summed E-state index contributed by atoms with van der Waals surface area (Å²) in [4.78, 5) is 17.8. The van der Waals surface area contributed by atoms with Crippen molar-refractivity contribution in [3.63, 3.8) is 0 Å². The second kappa shape index (κ2) is 5.47. The predicted molar refractivity (Wildman–Crippen MR) is 65.0 cm³/mol. The molecule has 1 aromatic rings. The van der Waals surface area contributed by atoms with Gasteiger partial charge < -0.3 is 10.0 Å². The zero-order valence-corrected chi connectivity index (χ0v) is 10.2. The standard InChI is InChI=1S/C12H15ClN2O2/c13-11-4-3-10(6-14-11)12(17)15-5-1-2-9(7-15)8-16/h3-4,6,9,16H,1-2,5,7-8H2/t9-/m1/s1. The van der Waals surface area contributed by atoms with Crippen LogP contribution in [0, 0.1) is 5.92 Å². The number of carbonyl (C=O) groups excluding carboxylic acids is 1. The monoisotopic (exact) mass is 254 g/mol. The molecule has 0 radical (unpaired) electrons. The predicted octanol–water partition coefficient (Wildman–Crippen LogP) is 1.58. The molecular weight excluding hydrogens is 240 g/mol. The average molecular weight is 255 g/mol. The molecule has 2 heterocycles. The lowest BCUT2D eigenvalue weighted by Crippen LogP contribution is -2.40. The van der Waals surface area contributed by atoms with Gasteiger partial charge in [0.15, 0.2) is 0 Å². The van der Waals surface area contributed by atoms with Crippen LogP contribution < -0.4 is 0 Å². The number of rotatable bonds is 2. The third kappa shape index (κ3) is 2.96. The summed E-state index contributed by atoms with van der Waals surface area (Å²) in [6.07, 6.45) is 3.42. The molecule has 1 N–H and O–H groups in total. The van der Waals surface area contributed by atoms with Crippen molar-refractivity contribution in [3.8, 4) is 0 Å². The summed E-state index contributed by atoms with van der Waals surface area (Å²) in [6.45, 7) is 1.51. The van der Waals surface area contributed by atoms with Crippen LogP contribution in [0.4, 0.5) is 0 Å². The van der Waals surface area contributed by atoms with Gasteiger partial charge in [0.05, 0.1) is 5.56 Å². The summed E-state index contributed by atoms with van der Waals surface area (Å²) in [5, 5.41) is 9.51. The van der Waals surface area contributed by atoms with Gasteiger partial charge in [-0.25, -0.2) is 4.98 Å². The van der Waals surface area contributed by atoms with Gasteiger partial charge in [-0.15, -0.1) is 0 Å². The molecule has 0 bridgehead atoms. The van der Waals surface area contributed by atoms with Crippen molar-refractivity contribution in [2.45, 2.75) is 12.8 Å². The first-order chi connectivity index (χ1) is 8.20. The minimum absolute atomic E-state index is 0.0349. The van der Waals surface area contributed by atoms with Crippen molar-refractivity contribution in [3.05, 3.63) is 29.0 Å². The van der Waals surface area contributed by atoms with E-state index in [-0.39, 0.29) is 18.4 Å². The van der Waals surface area contributed by atoms with Crippen LogP contribution in [0.2, 0.25) is 5.15 Å². The van der Waals surface area contributed by atoms with Crippen LogP contribution in [-0.4, -0.2) is 40.6 Å². The fourth-order valence-corrected chi connectivity index (χ4v) is 2.20. The number of hydrogen-bond donors (Lipinski definition) is 1. The van der Waals surface area contributed by atoms with Crippen LogP contribution in [0.15, 0.2) is 18.3 Å². The highest BCUT2D eigenvalue weighted by Crippen LogP contribution is 2.18. The molecular formula is C12H15ClN2O2. The van der Waals surface area contributed by atoms with Gasteiger partial charge in [0.1, 0.15) is 5.15 Å². The minimum Gasteiger partial charge on any atom is -0.396 e. The topological polar surface area (TPSA) is 53.4 Å². The van der Waals surface area contributed by atoms with Gasteiger partial charge in [-0.1, -0.05) is 11.6 Å². The third-order valence-corrected chi connectivity index (χ3v) is 3.26. The maximum atomic E-state index is 12.1. The molecule has 4 nitrogen and oxygen atoms in total. The van der Waals surface area contributed by atoms with E-state index >= 15 is 0 Å². The van der Waals surface area contributed by atoms with Crippen LogP contribution in [0.3, 0.4) is 0 Å². The Balaban J connectivity index is 2.06. The zero-order chi connectivity index (χ0) is 12.3. The summed E-state index contributed by atoms with van der Waals surface area (Å²) in [7, 11) is 0. The Kier molecular flexibility index (Phi) is 3.97. The van der Waals surface area contributed by atoms with Gasteiger partial charge in [-0.3, -0.25) is 4.79 Å². The van der Waals surface area contributed by atoms with E-state index in [1.807, 2.05) is 0 Å². The summed E-state index contributed by atoms with van der Waals surface area (Å²) < 4.78 is 0. The van der Waals surface area contributed by atoms with Gasteiger partial charge in [0.2, 0.25) is 0 Å². The lowest BCUT2D eigenvalue weighted by atomic mass is 9.98. The Labute approximate surface area is 105 Å². The number of piperidine rings is 1. The van der Waals surface area contributed by atoms with Crippen LogP contribution >= 0.6 is 11.6 Å². The molecule has 0 aliphatic carbocycles. The molecule has 1 fully saturated rings. The molecule has 0 unspecified atom stereocenters. The molecule has 1 aliphatic rings. The summed E-state index contributed by atoms with van der Waals surface area (Å²) in [5.41, 5.74) is 0.549. The number of nitrogens with zero attached hydrogens (tertiary/aromatic N) is 2. The number of likely N-dealkylation sites (tertiary alicyclic amines) is 1. The average Bonchev–Trinajstić information content (AvgIpc) is 2.39. The number of aromatic nitrogens is 1. The number of halogens is 1. The van der Waals surface area contributed by atoms with Crippen molar-refractivity contribution in [1.29, 1.82) is 0 Å². The van der Waals surface area contributed by atoms with E-state index in [9.17, 15) is 4.79 Å². The number of hydrogen-bond acceptors (Lipinski definition) is 3. The van der Waals surface area contributed by atoms with Crippen LogP contribution in [-0.2, 0) is 0 Å². The van der Waals surface area contributed by atoms with Crippen LogP contribution in [0.1, 0.15) is 23.2 Å². The van der Waals surface area contributed by atoms with Gasteiger partial charge in [0.25, 0.3) is 5.91 Å². The Bertz CT molecular complexity index is 394. The fraction of sp³-hybridized carbons (Fsp3) is 0.500. The minimum atomic E-state index is -0.0349. The van der Waals surface area contributed by atoms with E-state index in [4.69, 9.17) is 16.7 Å². The van der Waals surface area contributed by atoms with Crippen LogP contribution in [0.25, 0.3) is 0 Å². The van der Waals surface area contributed by atoms with Gasteiger partial charge in [0, 0.05) is 25.9 Å². The van der Waals surface area contributed by atoms with E-state index in [0.717, 1.165) is 19.4 Å². The molecule has 1 amide bonds. The van der Waals surface area contributed by atoms with Crippen molar-refractivity contribution in [2.75, 3.05) is 19.7 Å². The van der Waals surface area contributed by atoms with E-state index in [2.05, 4.69) is 4.98 Å². The van der Waals surface area contributed by atoms with E-state index in [1.54, 1.807) is 17.0 Å². The normalized spacial score (nSPS) is 20.4. The Hall–Kier alpha value is -1.13. The largest absolute Gasteiger partial charge is 0.396 e. The molecule has 0 saturated carbocycles. The summed E-state index contributed by atoms with van der Waals surface area (Å²) in [6, 6.07) is 3.29. The van der Waals surface area contributed by atoms with E-state index < -0.39 is 0 Å². The quantitative estimate of drug-likeness (QED) is 0.816. The van der Waals surface area contributed by atoms with E-state index in [1.165, 1.54) is 6.20 Å². The maximum absolute atomic E-state index is 12.1. The van der Waals surface area contributed by atoms with Crippen molar-refractivity contribution >= 4 is 17.5 Å². The van der Waals surface area contributed by atoms with Gasteiger partial charge in [-0.05, 0) is 30.9 Å². The zero-order valence-electron chi connectivity index (χ0n) is 9.47. The molecule has 17 heavy (non-hydrogen) atoms. The first-order valence-electron chi connectivity index (χ1n) is 5.72. The summed E-state index contributed by atoms with van der Waals surface area (Å²) >= 11 is 5.68. The highest BCUT2D eigenvalue weighted by atomic mass is 35.5. The Morgan fingerprint density at radius 3 is 3.06 bits per heavy atom. The second-order valence-electron chi connectivity index (χ2n) is 4.31. The maximum Gasteiger partial charge on any atom is 0.255 e. The second-order valence-corrected chi connectivity index (χ2v) is 4.70. The van der Waals surface area contributed by atoms with Crippen molar-refractivity contribution < 1.29 is 9.90 Å². The number of carbonyl (C=O) groups is 1. The fourth-order valence-electron chi connectivity index (χ4n) is 2.08. The molecule has 1 saturated heterocycles. The molecule has 1 aliphatic heterocycles. The first kappa shape index (κ1) is 12.3. The Morgan fingerprint density at radius 2 is 2.41 bits per heavy atom. The molecule has 1 aromatic heterocycles. The van der Waals surface area contributed by atoms with Crippen molar-refractivity contribution in [1.82, 2.24) is 9.88 Å². The number of aliphatic hydroxyl groups is 1. The third-order valence-electron chi connectivity index (χ3n) is 3.04. The number of amides is 1. The molecule has 0 spiro atoms. The first-order valence-corrected chi connectivity index (χ1v) is 6.10. The smallest absolute Gasteiger partial charge is 0.255 e. The lowest BCUT2D eigenvalue weighted by Gasteiger charge is -2.31.